The Morgan fingerprint density at radius 3 is 2.61 bits per heavy atom. The van der Waals surface area contributed by atoms with Crippen LogP contribution in [0, 0.1) is 6.92 Å². The van der Waals surface area contributed by atoms with E-state index in [2.05, 4.69) is 22.4 Å². The minimum Gasteiger partial charge on any atom is -0.381 e. The van der Waals surface area contributed by atoms with Crippen LogP contribution in [0.2, 0.25) is 5.02 Å². The van der Waals surface area contributed by atoms with E-state index in [1.807, 2.05) is 49.4 Å². The number of para-hydroxylation sites is 1. The number of pyridine rings is 1. The van der Waals surface area contributed by atoms with E-state index in [0.717, 1.165) is 29.4 Å². The summed E-state index contributed by atoms with van der Waals surface area (Å²) in [5.74, 6) is -0.0874. The van der Waals surface area contributed by atoms with Crippen molar-refractivity contribution in [3.63, 3.8) is 0 Å². The lowest BCUT2D eigenvalue weighted by atomic mass is 9.74. The smallest absolute Gasteiger partial charge is 0.253 e. The van der Waals surface area contributed by atoms with Crippen LogP contribution in [0.5, 0.6) is 0 Å². The molecule has 0 spiro atoms. The van der Waals surface area contributed by atoms with Gasteiger partial charge in [-0.05, 0) is 49.6 Å². The first-order valence-electron chi connectivity index (χ1n) is 9.56. The van der Waals surface area contributed by atoms with E-state index in [1.54, 1.807) is 0 Å². The van der Waals surface area contributed by atoms with Gasteiger partial charge < -0.3 is 10.1 Å². The van der Waals surface area contributed by atoms with Gasteiger partial charge in [-0.2, -0.15) is 0 Å². The molecule has 1 saturated heterocycles. The van der Waals surface area contributed by atoms with Crippen LogP contribution in [0.3, 0.4) is 0 Å². The molecule has 4 nitrogen and oxygen atoms in total. The number of ether oxygens (including phenoxy) is 1. The second-order valence-corrected chi connectivity index (χ2v) is 7.83. The Kier molecular flexibility index (Phi) is 5.33. The van der Waals surface area contributed by atoms with Gasteiger partial charge in [0.25, 0.3) is 5.91 Å². The van der Waals surface area contributed by atoms with Crippen molar-refractivity contribution in [3.8, 4) is 0 Å². The molecule has 0 radical (unpaired) electrons. The van der Waals surface area contributed by atoms with Gasteiger partial charge in [-0.3, -0.25) is 9.78 Å². The molecule has 1 aliphatic rings. The number of hydrogen-bond donors (Lipinski definition) is 1. The number of aryl methyl sites for hydroxylation is 1. The molecule has 5 heteroatoms. The van der Waals surface area contributed by atoms with Crippen molar-refractivity contribution in [3.05, 3.63) is 76.4 Å². The minimum absolute atomic E-state index is 0.0874. The molecule has 4 rings (SSSR count). The summed E-state index contributed by atoms with van der Waals surface area (Å²) in [7, 11) is 0. The Balaban J connectivity index is 1.58. The molecule has 0 aliphatic carbocycles. The highest BCUT2D eigenvalue weighted by molar-refractivity contribution is 6.30. The lowest BCUT2D eigenvalue weighted by molar-refractivity contribution is 0.0487. The van der Waals surface area contributed by atoms with Gasteiger partial charge in [0.15, 0.2) is 0 Å². The summed E-state index contributed by atoms with van der Waals surface area (Å²) >= 11 is 6.07. The van der Waals surface area contributed by atoms with Crippen molar-refractivity contribution in [2.24, 2.45) is 0 Å². The lowest BCUT2D eigenvalue weighted by Gasteiger charge is -2.38. The van der Waals surface area contributed by atoms with E-state index in [1.165, 1.54) is 5.56 Å². The zero-order valence-corrected chi connectivity index (χ0v) is 16.6. The molecular weight excluding hydrogens is 372 g/mol. The normalized spacial score (nSPS) is 16.1. The van der Waals surface area contributed by atoms with Crippen molar-refractivity contribution in [2.75, 3.05) is 19.8 Å². The molecule has 2 aromatic carbocycles. The lowest BCUT2D eigenvalue weighted by Crippen LogP contribution is -2.44. The Bertz CT molecular complexity index is 995. The van der Waals surface area contributed by atoms with Gasteiger partial charge in [-0.15, -0.1) is 0 Å². The molecule has 1 N–H and O–H groups in total. The van der Waals surface area contributed by atoms with Gasteiger partial charge in [0.05, 0.1) is 16.8 Å². The largest absolute Gasteiger partial charge is 0.381 e. The predicted molar refractivity (Wildman–Crippen MR) is 112 cm³/mol. The zero-order valence-electron chi connectivity index (χ0n) is 15.9. The Hall–Kier alpha value is -2.43. The zero-order chi connectivity index (χ0) is 19.6. The summed E-state index contributed by atoms with van der Waals surface area (Å²) < 4.78 is 5.58. The van der Waals surface area contributed by atoms with Gasteiger partial charge in [0, 0.05) is 35.6 Å². The maximum Gasteiger partial charge on any atom is 0.253 e. The molecule has 144 valence electrons. The van der Waals surface area contributed by atoms with Crippen LogP contribution in [-0.4, -0.2) is 30.6 Å². The van der Waals surface area contributed by atoms with Crippen LogP contribution < -0.4 is 5.32 Å². The highest BCUT2D eigenvalue weighted by atomic mass is 35.5. The number of rotatable bonds is 4. The number of nitrogens with zero attached hydrogens (tertiary/aromatic N) is 1. The van der Waals surface area contributed by atoms with Crippen LogP contribution in [0.15, 0.2) is 54.6 Å². The van der Waals surface area contributed by atoms with E-state index in [-0.39, 0.29) is 11.3 Å². The third-order valence-electron chi connectivity index (χ3n) is 5.65. The first-order chi connectivity index (χ1) is 13.6. The number of carbonyl (C=O) groups is 1. The Morgan fingerprint density at radius 2 is 1.86 bits per heavy atom. The summed E-state index contributed by atoms with van der Waals surface area (Å²) in [5, 5.41) is 4.85. The van der Waals surface area contributed by atoms with E-state index < -0.39 is 0 Å². The monoisotopic (exact) mass is 394 g/mol. The van der Waals surface area contributed by atoms with Crippen molar-refractivity contribution in [1.29, 1.82) is 0 Å². The average molecular weight is 395 g/mol. The van der Waals surface area contributed by atoms with Crippen LogP contribution in [-0.2, 0) is 10.2 Å². The maximum absolute atomic E-state index is 13.0. The second kappa shape index (κ2) is 7.90. The fraction of sp³-hybridized carbons (Fsp3) is 0.304. The second-order valence-electron chi connectivity index (χ2n) is 7.40. The summed E-state index contributed by atoms with van der Waals surface area (Å²) in [6.07, 6.45) is 1.73. The van der Waals surface area contributed by atoms with E-state index in [4.69, 9.17) is 16.3 Å². The molecule has 28 heavy (non-hydrogen) atoms. The fourth-order valence-corrected chi connectivity index (χ4v) is 4.05. The number of hydrogen-bond acceptors (Lipinski definition) is 3. The number of amides is 1. The van der Waals surface area contributed by atoms with E-state index in [0.29, 0.717) is 30.3 Å². The number of fused-ring (bicyclic) bond motifs is 1. The van der Waals surface area contributed by atoms with Gasteiger partial charge in [-0.1, -0.05) is 41.9 Å². The molecule has 0 atom stereocenters. The molecule has 3 aromatic rings. The van der Waals surface area contributed by atoms with Gasteiger partial charge in [0.2, 0.25) is 0 Å². The third kappa shape index (κ3) is 3.75. The minimum atomic E-state index is -0.142. The molecule has 1 aromatic heterocycles. The first kappa shape index (κ1) is 18.9. The summed E-state index contributed by atoms with van der Waals surface area (Å²) in [4.78, 5) is 17.6. The molecule has 0 saturated carbocycles. The highest BCUT2D eigenvalue weighted by Crippen LogP contribution is 2.35. The molecule has 2 heterocycles. The van der Waals surface area contributed by atoms with Gasteiger partial charge >= 0.3 is 0 Å². The van der Waals surface area contributed by atoms with Crippen molar-refractivity contribution in [1.82, 2.24) is 10.3 Å². The first-order valence-corrected chi connectivity index (χ1v) is 9.94. The van der Waals surface area contributed by atoms with Crippen molar-refractivity contribution >= 4 is 28.4 Å². The fourth-order valence-electron chi connectivity index (χ4n) is 3.92. The topological polar surface area (TPSA) is 51.2 Å². The number of halogens is 1. The van der Waals surface area contributed by atoms with Crippen LogP contribution in [0.25, 0.3) is 10.9 Å². The summed E-state index contributed by atoms with van der Waals surface area (Å²) in [6, 6.07) is 17.7. The van der Waals surface area contributed by atoms with Gasteiger partial charge in [0.1, 0.15) is 0 Å². The molecule has 0 bridgehead atoms. The van der Waals surface area contributed by atoms with Crippen molar-refractivity contribution in [2.45, 2.75) is 25.2 Å². The molecule has 1 aliphatic heterocycles. The number of carbonyl (C=O) groups excluding carboxylic acids is 1. The van der Waals surface area contributed by atoms with Crippen molar-refractivity contribution < 1.29 is 9.53 Å². The number of benzene rings is 2. The van der Waals surface area contributed by atoms with Crippen LogP contribution in [0.1, 0.15) is 34.5 Å². The van der Waals surface area contributed by atoms with E-state index >= 15 is 0 Å². The SMILES string of the molecule is Cc1nc2ccccc2cc1C(=O)NCC1(c2ccc(Cl)cc2)CCOCC1. The Morgan fingerprint density at radius 1 is 1.14 bits per heavy atom. The molecule has 0 unspecified atom stereocenters. The number of nitrogens with one attached hydrogen (secondary N) is 1. The third-order valence-corrected chi connectivity index (χ3v) is 5.90. The molecule has 1 amide bonds. The van der Waals surface area contributed by atoms with Crippen LogP contribution in [0.4, 0.5) is 0 Å². The predicted octanol–water partition coefficient (Wildman–Crippen LogP) is 4.67. The van der Waals surface area contributed by atoms with Crippen LogP contribution >= 0.6 is 11.6 Å². The highest BCUT2D eigenvalue weighted by Gasteiger charge is 2.35. The molecular formula is C23H23ClN2O2. The van der Waals surface area contributed by atoms with E-state index in [9.17, 15) is 4.79 Å². The Labute approximate surface area is 169 Å². The number of aromatic nitrogens is 1. The standard InChI is InChI=1S/C23H23ClN2O2/c1-16-20(14-17-4-2-3-5-21(17)26-16)22(27)25-15-23(10-12-28-13-11-23)18-6-8-19(24)9-7-18/h2-9,14H,10-13,15H2,1H3,(H,25,27). The summed E-state index contributed by atoms with van der Waals surface area (Å²) in [5.41, 5.74) is 3.31. The maximum atomic E-state index is 13.0. The molecule has 1 fully saturated rings. The van der Waals surface area contributed by atoms with Gasteiger partial charge in [-0.25, -0.2) is 0 Å². The summed E-state index contributed by atoms with van der Waals surface area (Å²) in [6.45, 7) is 3.82. The quantitative estimate of drug-likeness (QED) is 0.699. The average Bonchev–Trinajstić information content (AvgIpc) is 2.72.